The molecule has 4 heteroatoms. The van der Waals surface area contributed by atoms with Gasteiger partial charge in [-0.05, 0) is 64.4 Å². The van der Waals surface area contributed by atoms with Crippen molar-refractivity contribution in [1.82, 2.24) is 0 Å². The maximum absolute atomic E-state index is 14.7. The summed E-state index contributed by atoms with van der Waals surface area (Å²) in [5.74, 6) is -4.90. The molecule has 4 aromatic carbocycles. The summed E-state index contributed by atoms with van der Waals surface area (Å²) < 4.78 is 55.0. The molecule has 0 saturated heterocycles. The van der Waals surface area contributed by atoms with Crippen molar-refractivity contribution in [3.05, 3.63) is 108 Å². The van der Waals surface area contributed by atoms with Crippen molar-refractivity contribution in [3.8, 4) is 33.4 Å². The zero-order valence-corrected chi connectivity index (χ0v) is 24.3. The molecule has 0 atom stereocenters. The first-order valence-electron chi connectivity index (χ1n) is 14.1. The van der Waals surface area contributed by atoms with Crippen LogP contribution in [-0.4, -0.2) is 0 Å². The van der Waals surface area contributed by atoms with Crippen molar-refractivity contribution in [1.29, 1.82) is 0 Å². The largest absolute Gasteiger partial charge is 0.206 e. The highest BCUT2D eigenvalue weighted by atomic mass is 19.2. The van der Waals surface area contributed by atoms with E-state index in [9.17, 15) is 17.6 Å². The number of benzene rings is 4. The lowest BCUT2D eigenvalue weighted by atomic mass is 9.97. The van der Waals surface area contributed by atoms with Crippen molar-refractivity contribution >= 4 is 0 Å². The molecule has 0 aromatic heterocycles. The van der Waals surface area contributed by atoms with Crippen LogP contribution in [0.25, 0.3) is 33.4 Å². The summed E-state index contributed by atoms with van der Waals surface area (Å²) in [6.07, 6.45) is 4.74. The van der Waals surface area contributed by atoms with E-state index in [4.69, 9.17) is 0 Å². The Morgan fingerprint density at radius 1 is 0.462 bits per heavy atom. The molecule has 0 radical (unpaired) electrons. The van der Waals surface area contributed by atoms with Gasteiger partial charge in [0.2, 0.25) is 0 Å². The fraction of sp³-hybridized carbons (Fsp3) is 0.314. The fourth-order valence-electron chi connectivity index (χ4n) is 3.94. The molecule has 0 aliphatic heterocycles. The molecule has 0 unspecified atom stereocenters. The Morgan fingerprint density at radius 2 is 0.872 bits per heavy atom. The number of hydrogen-bond acceptors (Lipinski definition) is 0. The Kier molecular flexibility index (Phi) is 15.5. The van der Waals surface area contributed by atoms with Crippen LogP contribution in [0.1, 0.15) is 73.3 Å². The summed E-state index contributed by atoms with van der Waals surface area (Å²) in [6.45, 7) is 14.2. The Bertz CT molecular complexity index is 1220. The normalized spacial score (nSPS) is 9.82. The van der Waals surface area contributed by atoms with Gasteiger partial charge in [-0.2, -0.15) is 0 Å². The van der Waals surface area contributed by atoms with Gasteiger partial charge in [0, 0.05) is 5.56 Å². The van der Waals surface area contributed by atoms with Crippen molar-refractivity contribution in [2.75, 3.05) is 0 Å². The Balaban J connectivity index is 0.00000119. The highest BCUT2D eigenvalue weighted by Crippen LogP contribution is 2.31. The van der Waals surface area contributed by atoms with E-state index in [0.29, 0.717) is 5.56 Å². The maximum Gasteiger partial charge on any atom is 0.194 e. The lowest BCUT2D eigenvalue weighted by Crippen LogP contribution is -1.94. The van der Waals surface area contributed by atoms with Crippen LogP contribution in [0.4, 0.5) is 17.6 Å². The molecule has 0 aliphatic carbocycles. The van der Waals surface area contributed by atoms with Gasteiger partial charge >= 0.3 is 0 Å². The summed E-state index contributed by atoms with van der Waals surface area (Å²) >= 11 is 0. The maximum atomic E-state index is 14.7. The highest BCUT2D eigenvalue weighted by molar-refractivity contribution is 5.73. The van der Waals surface area contributed by atoms with Crippen molar-refractivity contribution < 1.29 is 17.6 Å². The second-order valence-corrected chi connectivity index (χ2v) is 8.18. The van der Waals surface area contributed by atoms with Crippen LogP contribution in [-0.2, 0) is 6.42 Å². The molecule has 0 aliphatic rings. The van der Waals surface area contributed by atoms with E-state index in [-0.39, 0.29) is 11.1 Å². The van der Waals surface area contributed by atoms with Crippen LogP contribution in [0.5, 0.6) is 0 Å². The minimum absolute atomic E-state index is 0.00666. The third kappa shape index (κ3) is 9.38. The van der Waals surface area contributed by atoms with Gasteiger partial charge in [0.25, 0.3) is 0 Å². The van der Waals surface area contributed by atoms with Gasteiger partial charge in [0.1, 0.15) is 5.82 Å². The zero-order chi connectivity index (χ0) is 29.4. The van der Waals surface area contributed by atoms with Crippen molar-refractivity contribution in [2.45, 2.75) is 74.1 Å². The predicted octanol–water partition coefficient (Wildman–Crippen LogP) is 12.1. The average Bonchev–Trinajstić information content (AvgIpc) is 2.99. The van der Waals surface area contributed by atoms with Gasteiger partial charge in [-0.15, -0.1) is 0 Å². The first kappa shape index (κ1) is 33.6. The molecule has 0 nitrogen and oxygen atoms in total. The van der Waals surface area contributed by atoms with E-state index >= 15 is 0 Å². The molecular weight excluding hydrogens is 496 g/mol. The molecular formula is C35H42F4. The third-order valence-electron chi connectivity index (χ3n) is 5.84. The van der Waals surface area contributed by atoms with Crippen LogP contribution in [0.3, 0.4) is 0 Å². The molecule has 0 spiro atoms. The Morgan fingerprint density at radius 3 is 1.33 bits per heavy atom. The first-order valence-corrected chi connectivity index (χ1v) is 14.1. The van der Waals surface area contributed by atoms with Gasteiger partial charge in [-0.1, -0.05) is 122 Å². The number of hydrogen-bond donors (Lipinski definition) is 0. The Hall–Kier alpha value is -3.40. The molecule has 4 rings (SSSR count). The van der Waals surface area contributed by atoms with Crippen LogP contribution >= 0.6 is 0 Å². The topological polar surface area (TPSA) is 0 Å². The monoisotopic (exact) mass is 538 g/mol. The minimum Gasteiger partial charge on any atom is -0.206 e. The number of rotatable bonds is 7. The average molecular weight is 539 g/mol. The van der Waals surface area contributed by atoms with Gasteiger partial charge in [0.05, 0.1) is 0 Å². The number of aryl methyl sites for hydroxylation is 1. The second-order valence-electron chi connectivity index (χ2n) is 8.18. The molecule has 39 heavy (non-hydrogen) atoms. The van der Waals surface area contributed by atoms with Gasteiger partial charge in [-0.25, -0.2) is 17.6 Å². The molecule has 0 N–H and O–H groups in total. The summed E-state index contributed by atoms with van der Waals surface area (Å²) in [7, 11) is 0. The van der Waals surface area contributed by atoms with E-state index in [0.717, 1.165) is 35.2 Å². The second kappa shape index (κ2) is 18.0. The number of halogens is 4. The van der Waals surface area contributed by atoms with E-state index in [2.05, 4.69) is 31.2 Å². The summed E-state index contributed by atoms with van der Waals surface area (Å²) in [6, 6.07) is 22.4. The zero-order valence-electron chi connectivity index (χ0n) is 24.3. The molecule has 4 aromatic rings. The smallest absolute Gasteiger partial charge is 0.194 e. The third-order valence-corrected chi connectivity index (χ3v) is 5.84. The molecule has 0 fully saturated rings. The summed E-state index contributed by atoms with van der Waals surface area (Å²) in [5, 5.41) is 0. The van der Waals surface area contributed by atoms with E-state index in [1.54, 1.807) is 6.07 Å². The quantitative estimate of drug-likeness (QED) is 0.125. The summed E-state index contributed by atoms with van der Waals surface area (Å²) in [4.78, 5) is 0. The van der Waals surface area contributed by atoms with Gasteiger partial charge in [0.15, 0.2) is 17.5 Å². The lowest BCUT2D eigenvalue weighted by molar-refractivity contribution is 0.447. The van der Waals surface area contributed by atoms with E-state index in [1.165, 1.54) is 37.0 Å². The fourth-order valence-corrected chi connectivity index (χ4v) is 3.94. The molecule has 0 amide bonds. The lowest BCUT2D eigenvalue weighted by Gasteiger charge is -2.09. The SMILES string of the molecule is CC.CC.CC.CCCCCc1ccc(-c2ccc(-c3ccc(-c4cc(F)c(F)c(F)c4)c(F)c3)cc2)cc1. The number of unbranched alkanes of at least 4 members (excludes halogenated alkanes) is 2. The molecule has 0 saturated carbocycles. The van der Waals surface area contributed by atoms with Crippen LogP contribution < -0.4 is 0 Å². The van der Waals surface area contributed by atoms with Gasteiger partial charge < -0.3 is 0 Å². The molecule has 0 heterocycles. The van der Waals surface area contributed by atoms with E-state index < -0.39 is 23.3 Å². The van der Waals surface area contributed by atoms with Crippen molar-refractivity contribution in [2.24, 2.45) is 0 Å². The standard InChI is InChI=1S/C29H24F4.3C2H6/c1-2-3-4-5-19-6-8-20(9-7-19)21-10-12-22(13-11-21)23-14-15-25(26(30)16-23)24-17-27(31)29(33)28(32)18-24;3*1-2/h6-18H,2-5H2,1H3;3*1-2H3. The minimum atomic E-state index is -1.57. The first-order chi connectivity index (χ1) is 19.0. The van der Waals surface area contributed by atoms with E-state index in [1.807, 2.05) is 65.8 Å². The van der Waals surface area contributed by atoms with Crippen molar-refractivity contribution in [3.63, 3.8) is 0 Å². The van der Waals surface area contributed by atoms with Crippen LogP contribution in [0.15, 0.2) is 78.9 Å². The highest BCUT2D eigenvalue weighted by Gasteiger charge is 2.14. The predicted molar refractivity (Wildman–Crippen MR) is 160 cm³/mol. The van der Waals surface area contributed by atoms with Crippen LogP contribution in [0.2, 0.25) is 0 Å². The van der Waals surface area contributed by atoms with Crippen LogP contribution in [0, 0.1) is 23.3 Å². The van der Waals surface area contributed by atoms with Gasteiger partial charge in [-0.3, -0.25) is 0 Å². The molecule has 0 bridgehead atoms. The summed E-state index contributed by atoms with van der Waals surface area (Å²) in [5.41, 5.74) is 4.92. The molecule has 210 valence electrons. The Labute approximate surface area is 232 Å².